The van der Waals surface area contributed by atoms with E-state index in [2.05, 4.69) is 15.3 Å². The third-order valence-electron chi connectivity index (χ3n) is 3.26. The lowest BCUT2D eigenvalue weighted by molar-refractivity contribution is -0.111. The first-order chi connectivity index (χ1) is 12.2. The molecule has 0 aliphatic carbocycles. The maximum absolute atomic E-state index is 12.0. The molecule has 3 rings (SSSR count). The summed E-state index contributed by atoms with van der Waals surface area (Å²) in [4.78, 5) is 20.5. The van der Waals surface area contributed by atoms with Gasteiger partial charge in [-0.25, -0.2) is 4.98 Å². The monoisotopic (exact) mass is 351 g/mol. The van der Waals surface area contributed by atoms with Gasteiger partial charge in [-0.05, 0) is 37.3 Å². The number of pyridine rings is 1. The molecule has 0 radical (unpaired) electrons. The van der Waals surface area contributed by atoms with Crippen LogP contribution in [0.2, 0.25) is 0 Å². The zero-order valence-electron chi connectivity index (χ0n) is 13.7. The van der Waals surface area contributed by atoms with Gasteiger partial charge in [-0.15, -0.1) is 11.3 Å². The lowest BCUT2D eigenvalue weighted by Gasteiger charge is -2.08. The molecule has 2 aromatic heterocycles. The van der Waals surface area contributed by atoms with E-state index in [1.165, 1.54) is 6.08 Å². The fourth-order valence-electron chi connectivity index (χ4n) is 2.11. The van der Waals surface area contributed by atoms with E-state index in [1.807, 2.05) is 48.7 Å². The number of ether oxygens (including phenoxy) is 1. The predicted octanol–water partition coefficient (Wildman–Crippen LogP) is 4.08. The summed E-state index contributed by atoms with van der Waals surface area (Å²) in [5.74, 6) is 0.454. The zero-order valence-corrected chi connectivity index (χ0v) is 14.5. The highest BCUT2D eigenvalue weighted by molar-refractivity contribution is 7.09. The standard InChI is InChI=1S/C19H17N3O2S/c1-14-21-17(13-25-14)8-9-19(23)22-15-6-4-7-18(11-15)24-12-16-5-2-3-10-20-16/h2-11,13H,12H2,1H3,(H,22,23)/b9-8+. The molecule has 0 bridgehead atoms. The maximum atomic E-state index is 12.0. The average molecular weight is 351 g/mol. The summed E-state index contributed by atoms with van der Waals surface area (Å²) in [6.45, 7) is 2.31. The molecule has 0 atom stereocenters. The van der Waals surface area contributed by atoms with Gasteiger partial charge in [-0.1, -0.05) is 12.1 Å². The Morgan fingerprint density at radius 1 is 1.28 bits per heavy atom. The third kappa shape index (κ3) is 5.26. The number of anilines is 1. The molecule has 1 aromatic carbocycles. The fourth-order valence-corrected chi connectivity index (χ4v) is 2.69. The summed E-state index contributed by atoms with van der Waals surface area (Å²) in [5, 5.41) is 5.69. The van der Waals surface area contributed by atoms with Crippen LogP contribution in [0.4, 0.5) is 5.69 Å². The molecule has 126 valence electrons. The van der Waals surface area contributed by atoms with Crippen LogP contribution in [0.1, 0.15) is 16.4 Å². The number of nitrogens with one attached hydrogen (secondary N) is 1. The van der Waals surface area contributed by atoms with Gasteiger partial charge >= 0.3 is 0 Å². The predicted molar refractivity (Wildman–Crippen MR) is 99.5 cm³/mol. The first-order valence-corrected chi connectivity index (χ1v) is 8.61. The molecular formula is C19H17N3O2S. The Morgan fingerprint density at radius 3 is 2.96 bits per heavy atom. The van der Waals surface area contributed by atoms with Gasteiger partial charge in [0.2, 0.25) is 5.91 Å². The topological polar surface area (TPSA) is 64.1 Å². The van der Waals surface area contributed by atoms with Crippen molar-refractivity contribution in [3.8, 4) is 5.75 Å². The molecule has 0 saturated carbocycles. The summed E-state index contributed by atoms with van der Waals surface area (Å²) in [7, 11) is 0. The molecule has 0 fully saturated rings. The highest BCUT2D eigenvalue weighted by atomic mass is 32.1. The smallest absolute Gasteiger partial charge is 0.248 e. The van der Waals surface area contributed by atoms with Crippen molar-refractivity contribution in [3.05, 3.63) is 76.5 Å². The molecule has 3 aromatic rings. The van der Waals surface area contributed by atoms with Crippen molar-refractivity contribution >= 4 is 29.0 Å². The van der Waals surface area contributed by atoms with Gasteiger partial charge in [0.15, 0.2) is 0 Å². The number of aromatic nitrogens is 2. The second-order valence-electron chi connectivity index (χ2n) is 5.25. The number of amides is 1. The van der Waals surface area contributed by atoms with Gasteiger partial charge in [0.05, 0.1) is 16.4 Å². The summed E-state index contributed by atoms with van der Waals surface area (Å²) >= 11 is 1.55. The highest BCUT2D eigenvalue weighted by Crippen LogP contribution is 2.18. The van der Waals surface area contributed by atoms with Gasteiger partial charge in [-0.3, -0.25) is 9.78 Å². The SMILES string of the molecule is Cc1nc(/C=C/C(=O)Nc2cccc(OCc3ccccn3)c2)cs1. The molecule has 0 saturated heterocycles. The zero-order chi connectivity index (χ0) is 17.5. The number of carbonyl (C=O) groups is 1. The van der Waals surface area contributed by atoms with E-state index in [9.17, 15) is 4.79 Å². The third-order valence-corrected chi connectivity index (χ3v) is 4.05. The highest BCUT2D eigenvalue weighted by Gasteiger charge is 2.02. The van der Waals surface area contributed by atoms with Crippen molar-refractivity contribution in [2.24, 2.45) is 0 Å². The normalized spacial score (nSPS) is 10.8. The molecule has 0 unspecified atom stereocenters. The first kappa shape index (κ1) is 16.9. The molecule has 2 heterocycles. The molecule has 6 heteroatoms. The summed E-state index contributed by atoms with van der Waals surface area (Å²) < 4.78 is 5.71. The van der Waals surface area contributed by atoms with Gasteiger partial charge in [0.25, 0.3) is 0 Å². The van der Waals surface area contributed by atoms with Crippen LogP contribution in [0.25, 0.3) is 6.08 Å². The minimum absolute atomic E-state index is 0.215. The van der Waals surface area contributed by atoms with E-state index in [0.29, 0.717) is 18.0 Å². The lowest BCUT2D eigenvalue weighted by Crippen LogP contribution is -2.07. The Hall–Kier alpha value is -2.99. The number of hydrogen-bond donors (Lipinski definition) is 1. The van der Waals surface area contributed by atoms with Crippen molar-refractivity contribution in [1.82, 2.24) is 9.97 Å². The Kier molecular flexibility index (Phi) is 5.53. The quantitative estimate of drug-likeness (QED) is 0.680. The summed E-state index contributed by atoms with van der Waals surface area (Å²) in [6.07, 6.45) is 4.89. The molecular weight excluding hydrogens is 334 g/mol. The summed E-state index contributed by atoms with van der Waals surface area (Å²) in [5.41, 5.74) is 2.30. The number of hydrogen-bond acceptors (Lipinski definition) is 5. The van der Waals surface area contributed by atoms with Crippen molar-refractivity contribution in [2.45, 2.75) is 13.5 Å². The van der Waals surface area contributed by atoms with Crippen molar-refractivity contribution < 1.29 is 9.53 Å². The Labute approximate surface area is 150 Å². The van der Waals surface area contributed by atoms with Crippen LogP contribution in [0.5, 0.6) is 5.75 Å². The Balaban J connectivity index is 1.57. The van der Waals surface area contributed by atoms with Gasteiger partial charge < -0.3 is 10.1 Å². The number of thiazole rings is 1. The van der Waals surface area contributed by atoms with Gasteiger partial charge in [0.1, 0.15) is 12.4 Å². The molecule has 0 aliphatic heterocycles. The largest absolute Gasteiger partial charge is 0.487 e. The van der Waals surface area contributed by atoms with E-state index in [4.69, 9.17) is 4.74 Å². The van der Waals surface area contributed by atoms with Crippen LogP contribution in [0.3, 0.4) is 0 Å². The second-order valence-corrected chi connectivity index (χ2v) is 6.31. The van der Waals surface area contributed by atoms with E-state index in [-0.39, 0.29) is 5.91 Å². The van der Waals surface area contributed by atoms with Crippen LogP contribution < -0.4 is 10.1 Å². The fraction of sp³-hybridized carbons (Fsp3) is 0.105. The number of aryl methyl sites for hydroxylation is 1. The second kappa shape index (κ2) is 8.21. The maximum Gasteiger partial charge on any atom is 0.248 e. The van der Waals surface area contributed by atoms with Crippen LogP contribution >= 0.6 is 11.3 Å². The van der Waals surface area contributed by atoms with E-state index < -0.39 is 0 Å². The molecule has 1 N–H and O–H groups in total. The molecule has 5 nitrogen and oxygen atoms in total. The minimum Gasteiger partial charge on any atom is -0.487 e. The van der Waals surface area contributed by atoms with Crippen LogP contribution in [0, 0.1) is 6.92 Å². The van der Waals surface area contributed by atoms with E-state index in [1.54, 1.807) is 29.7 Å². The molecule has 0 spiro atoms. The lowest BCUT2D eigenvalue weighted by atomic mass is 10.3. The molecule has 0 aliphatic rings. The van der Waals surface area contributed by atoms with Crippen LogP contribution in [0.15, 0.2) is 60.1 Å². The van der Waals surface area contributed by atoms with Crippen molar-refractivity contribution in [3.63, 3.8) is 0 Å². The number of nitrogens with zero attached hydrogens (tertiary/aromatic N) is 2. The number of benzene rings is 1. The van der Waals surface area contributed by atoms with E-state index >= 15 is 0 Å². The Bertz CT molecular complexity index is 875. The van der Waals surface area contributed by atoms with Crippen LogP contribution in [-0.2, 0) is 11.4 Å². The van der Waals surface area contributed by atoms with Crippen molar-refractivity contribution in [2.75, 3.05) is 5.32 Å². The summed E-state index contributed by atoms with van der Waals surface area (Å²) in [6, 6.07) is 12.9. The first-order valence-electron chi connectivity index (χ1n) is 7.73. The Morgan fingerprint density at radius 2 is 2.20 bits per heavy atom. The van der Waals surface area contributed by atoms with Crippen LogP contribution in [-0.4, -0.2) is 15.9 Å². The van der Waals surface area contributed by atoms with Gasteiger partial charge in [0, 0.05) is 29.4 Å². The number of rotatable bonds is 6. The molecule has 25 heavy (non-hydrogen) atoms. The van der Waals surface area contributed by atoms with Crippen molar-refractivity contribution in [1.29, 1.82) is 0 Å². The van der Waals surface area contributed by atoms with E-state index in [0.717, 1.165) is 16.4 Å². The average Bonchev–Trinajstić information content (AvgIpc) is 3.05. The molecule has 1 amide bonds. The van der Waals surface area contributed by atoms with Gasteiger partial charge in [-0.2, -0.15) is 0 Å². The minimum atomic E-state index is -0.215. The number of carbonyl (C=O) groups excluding carboxylic acids is 1.